The van der Waals surface area contributed by atoms with E-state index >= 15 is 0 Å². The standard InChI is InChI=1S/C29H33N3O3.ClH/c30-18-24(13-10-21-11-14-26(15-12-21)35-20-22-6-2-1-3-7-22)32-25(17-29(33)34)16-23-19-31-28-9-5-4-8-27(23)28;/h1-9,11-12,14-15,19,24-25,31-32H,10,13,16-18,20,30H2,(H,33,34);1H/t24?,25-;/m0./s1. The van der Waals surface area contributed by atoms with Gasteiger partial charge in [0.05, 0.1) is 6.42 Å². The zero-order valence-electron chi connectivity index (χ0n) is 20.2. The van der Waals surface area contributed by atoms with Crippen LogP contribution in [0.3, 0.4) is 0 Å². The maximum atomic E-state index is 11.5. The molecule has 0 spiro atoms. The number of hydrogen-bond donors (Lipinski definition) is 4. The number of hydrogen-bond acceptors (Lipinski definition) is 4. The van der Waals surface area contributed by atoms with E-state index in [0.717, 1.165) is 40.6 Å². The number of para-hydroxylation sites is 1. The van der Waals surface area contributed by atoms with E-state index in [2.05, 4.69) is 28.5 Å². The first kappa shape index (κ1) is 27.3. The number of carbonyl (C=O) groups is 1. The summed E-state index contributed by atoms with van der Waals surface area (Å²) in [6, 6.07) is 26.1. The zero-order valence-corrected chi connectivity index (χ0v) is 21.0. The van der Waals surface area contributed by atoms with Gasteiger partial charge in [-0.25, -0.2) is 0 Å². The first-order valence-electron chi connectivity index (χ1n) is 12.1. The molecule has 6 nitrogen and oxygen atoms in total. The molecule has 7 heteroatoms. The van der Waals surface area contributed by atoms with Gasteiger partial charge in [-0.05, 0) is 54.2 Å². The van der Waals surface area contributed by atoms with Crippen LogP contribution in [0.4, 0.5) is 0 Å². The van der Waals surface area contributed by atoms with Crippen LogP contribution in [-0.4, -0.2) is 34.7 Å². The molecule has 3 aromatic carbocycles. The molecule has 1 unspecified atom stereocenters. The van der Waals surface area contributed by atoms with Crippen molar-refractivity contribution in [1.82, 2.24) is 10.3 Å². The van der Waals surface area contributed by atoms with E-state index in [-0.39, 0.29) is 30.9 Å². The minimum Gasteiger partial charge on any atom is -0.489 e. The predicted molar refractivity (Wildman–Crippen MR) is 147 cm³/mol. The van der Waals surface area contributed by atoms with Crippen molar-refractivity contribution in [1.29, 1.82) is 0 Å². The van der Waals surface area contributed by atoms with Gasteiger partial charge in [-0.3, -0.25) is 4.79 Å². The minimum absolute atomic E-state index is 0. The molecule has 0 aliphatic rings. The smallest absolute Gasteiger partial charge is 0.304 e. The second-order valence-electron chi connectivity index (χ2n) is 8.91. The van der Waals surface area contributed by atoms with Gasteiger partial charge in [0, 0.05) is 35.7 Å². The van der Waals surface area contributed by atoms with Crippen molar-refractivity contribution >= 4 is 29.3 Å². The maximum absolute atomic E-state index is 11.5. The zero-order chi connectivity index (χ0) is 24.5. The number of carboxylic acids is 1. The Morgan fingerprint density at radius 1 is 0.944 bits per heavy atom. The Balaban J connectivity index is 0.00000361. The Morgan fingerprint density at radius 3 is 2.39 bits per heavy atom. The number of fused-ring (bicyclic) bond motifs is 1. The van der Waals surface area contributed by atoms with Crippen LogP contribution in [0.25, 0.3) is 10.9 Å². The van der Waals surface area contributed by atoms with Crippen molar-refractivity contribution in [2.24, 2.45) is 5.73 Å². The summed E-state index contributed by atoms with van der Waals surface area (Å²) in [6.45, 7) is 0.989. The average Bonchev–Trinajstić information content (AvgIpc) is 3.29. The third kappa shape index (κ3) is 7.85. The number of aromatic nitrogens is 1. The molecule has 2 atom stereocenters. The number of aromatic amines is 1. The Labute approximate surface area is 218 Å². The van der Waals surface area contributed by atoms with E-state index in [4.69, 9.17) is 10.5 Å². The molecule has 1 aromatic heterocycles. The van der Waals surface area contributed by atoms with E-state index in [9.17, 15) is 9.90 Å². The number of carboxylic acid groups (broad SMARTS) is 1. The molecular formula is C29H34ClN3O3. The van der Waals surface area contributed by atoms with Crippen LogP contribution in [-0.2, 0) is 24.2 Å². The number of ether oxygens (including phenoxy) is 1. The molecule has 190 valence electrons. The summed E-state index contributed by atoms with van der Waals surface area (Å²) < 4.78 is 5.87. The van der Waals surface area contributed by atoms with Gasteiger partial charge in [0.25, 0.3) is 0 Å². The van der Waals surface area contributed by atoms with Crippen molar-refractivity contribution in [3.05, 3.63) is 102 Å². The fraction of sp³-hybridized carbons (Fsp3) is 0.276. The van der Waals surface area contributed by atoms with Crippen LogP contribution in [0.1, 0.15) is 29.5 Å². The van der Waals surface area contributed by atoms with Gasteiger partial charge in [-0.2, -0.15) is 0 Å². The summed E-state index contributed by atoms with van der Waals surface area (Å²) in [5.74, 6) is 0.0237. The van der Waals surface area contributed by atoms with Crippen LogP contribution in [0, 0.1) is 0 Å². The Kier molecular flexibility index (Phi) is 10.4. The molecule has 0 radical (unpaired) electrons. The van der Waals surface area contributed by atoms with Crippen LogP contribution >= 0.6 is 12.4 Å². The summed E-state index contributed by atoms with van der Waals surface area (Å²) in [5, 5.41) is 14.1. The van der Waals surface area contributed by atoms with Crippen molar-refractivity contribution in [3.8, 4) is 5.75 Å². The molecule has 0 bridgehead atoms. The second kappa shape index (κ2) is 13.7. The van der Waals surface area contributed by atoms with Crippen LogP contribution in [0.5, 0.6) is 5.75 Å². The average molecular weight is 508 g/mol. The van der Waals surface area contributed by atoms with Gasteiger partial charge >= 0.3 is 5.97 Å². The molecule has 0 amide bonds. The highest BCUT2D eigenvalue weighted by atomic mass is 35.5. The van der Waals surface area contributed by atoms with Crippen molar-refractivity contribution in [3.63, 3.8) is 0 Å². The monoisotopic (exact) mass is 507 g/mol. The lowest BCUT2D eigenvalue weighted by atomic mass is 9.99. The number of halogens is 1. The molecular weight excluding hydrogens is 474 g/mol. The highest BCUT2D eigenvalue weighted by Gasteiger charge is 2.19. The minimum atomic E-state index is -0.816. The highest BCUT2D eigenvalue weighted by Crippen LogP contribution is 2.21. The van der Waals surface area contributed by atoms with E-state index in [0.29, 0.717) is 19.6 Å². The van der Waals surface area contributed by atoms with Crippen LogP contribution in [0.2, 0.25) is 0 Å². The molecule has 1 heterocycles. The number of aryl methyl sites for hydroxylation is 1. The molecule has 0 saturated heterocycles. The van der Waals surface area contributed by atoms with Crippen molar-refractivity contribution in [2.75, 3.05) is 6.54 Å². The Hall–Kier alpha value is -3.32. The summed E-state index contributed by atoms with van der Waals surface area (Å²) in [5.41, 5.74) is 10.6. The largest absolute Gasteiger partial charge is 0.489 e. The lowest BCUT2D eigenvalue weighted by molar-refractivity contribution is -0.137. The Bertz CT molecular complexity index is 1210. The van der Waals surface area contributed by atoms with Gasteiger partial charge < -0.3 is 25.9 Å². The SMILES string of the molecule is Cl.NCC(CCc1ccc(OCc2ccccc2)cc1)N[C@H](CC(=O)O)Cc1c[nH]c2ccccc12. The number of H-pyrrole nitrogens is 1. The van der Waals surface area contributed by atoms with E-state index in [1.54, 1.807) is 0 Å². The quantitative estimate of drug-likeness (QED) is 0.201. The molecule has 4 aromatic rings. The molecule has 36 heavy (non-hydrogen) atoms. The Morgan fingerprint density at radius 2 is 1.67 bits per heavy atom. The van der Waals surface area contributed by atoms with Crippen LogP contribution in [0.15, 0.2) is 85.1 Å². The number of benzene rings is 3. The fourth-order valence-corrected chi connectivity index (χ4v) is 4.40. The molecule has 0 aliphatic carbocycles. The third-order valence-corrected chi connectivity index (χ3v) is 6.27. The predicted octanol–water partition coefficient (Wildman–Crippen LogP) is 5.10. The second-order valence-corrected chi connectivity index (χ2v) is 8.91. The van der Waals surface area contributed by atoms with Crippen LogP contribution < -0.4 is 15.8 Å². The highest BCUT2D eigenvalue weighted by molar-refractivity contribution is 5.85. The van der Waals surface area contributed by atoms with Gasteiger partial charge in [-0.15, -0.1) is 12.4 Å². The van der Waals surface area contributed by atoms with Gasteiger partial charge in [0.2, 0.25) is 0 Å². The number of nitrogens with one attached hydrogen (secondary N) is 2. The first-order chi connectivity index (χ1) is 17.1. The lowest BCUT2D eigenvalue weighted by Gasteiger charge is -2.24. The van der Waals surface area contributed by atoms with E-state index in [1.165, 1.54) is 5.56 Å². The number of rotatable bonds is 13. The summed E-state index contributed by atoms with van der Waals surface area (Å²) in [4.78, 5) is 14.8. The molecule has 5 N–H and O–H groups in total. The molecule has 4 rings (SSSR count). The molecule has 0 aliphatic heterocycles. The first-order valence-corrected chi connectivity index (χ1v) is 12.1. The summed E-state index contributed by atoms with van der Waals surface area (Å²) in [6.07, 6.45) is 4.31. The lowest BCUT2D eigenvalue weighted by Crippen LogP contribution is -2.45. The van der Waals surface area contributed by atoms with E-state index < -0.39 is 5.97 Å². The van der Waals surface area contributed by atoms with Crippen molar-refractivity contribution in [2.45, 2.75) is 44.4 Å². The topological polar surface area (TPSA) is 100 Å². The van der Waals surface area contributed by atoms with Gasteiger partial charge in [0.1, 0.15) is 12.4 Å². The number of aliphatic carboxylic acids is 1. The number of nitrogens with two attached hydrogens (primary N) is 1. The molecule has 0 fully saturated rings. The normalized spacial score (nSPS) is 12.6. The third-order valence-electron chi connectivity index (χ3n) is 6.27. The molecule has 0 saturated carbocycles. The summed E-state index contributed by atoms with van der Waals surface area (Å²) >= 11 is 0. The van der Waals surface area contributed by atoms with Gasteiger partial charge in [-0.1, -0.05) is 60.7 Å². The summed E-state index contributed by atoms with van der Waals surface area (Å²) in [7, 11) is 0. The van der Waals surface area contributed by atoms with Gasteiger partial charge in [0.15, 0.2) is 0 Å². The van der Waals surface area contributed by atoms with Crippen molar-refractivity contribution < 1.29 is 14.6 Å². The fourth-order valence-electron chi connectivity index (χ4n) is 4.40. The van der Waals surface area contributed by atoms with E-state index in [1.807, 2.05) is 66.9 Å². The maximum Gasteiger partial charge on any atom is 0.304 e.